The Morgan fingerprint density at radius 3 is 2.65 bits per heavy atom. The molecule has 0 bridgehead atoms. The highest BCUT2D eigenvalue weighted by molar-refractivity contribution is 14.0. The van der Waals surface area contributed by atoms with Crippen LogP contribution in [0.1, 0.15) is 30.7 Å². The van der Waals surface area contributed by atoms with Crippen molar-refractivity contribution in [1.29, 1.82) is 0 Å². The number of pyridine rings is 1. The molecular formula is C23H29IN4O3. The zero-order valence-electron chi connectivity index (χ0n) is 17.7. The molecule has 0 aliphatic heterocycles. The van der Waals surface area contributed by atoms with E-state index < -0.39 is 5.60 Å². The van der Waals surface area contributed by atoms with E-state index in [0.717, 1.165) is 11.1 Å². The van der Waals surface area contributed by atoms with E-state index in [0.29, 0.717) is 37.3 Å². The van der Waals surface area contributed by atoms with E-state index in [-0.39, 0.29) is 30.5 Å². The number of hydrogen-bond donors (Lipinski definition) is 3. The Morgan fingerprint density at radius 1 is 1.13 bits per heavy atom. The average molecular weight is 536 g/mol. The summed E-state index contributed by atoms with van der Waals surface area (Å²) in [5.74, 6) is 1.64. The molecule has 1 atom stereocenters. The first-order valence-corrected chi connectivity index (χ1v) is 9.97. The highest BCUT2D eigenvalue weighted by atomic mass is 127. The van der Waals surface area contributed by atoms with E-state index in [2.05, 4.69) is 20.6 Å². The zero-order valence-corrected chi connectivity index (χ0v) is 20.1. The summed E-state index contributed by atoms with van der Waals surface area (Å²) in [6.45, 7) is 5.45. The number of aromatic nitrogens is 1. The molecule has 31 heavy (non-hydrogen) atoms. The summed E-state index contributed by atoms with van der Waals surface area (Å²) >= 11 is 0. The molecule has 3 aromatic rings. The normalized spacial score (nSPS) is 13.1. The Kier molecular flexibility index (Phi) is 9.80. The van der Waals surface area contributed by atoms with Gasteiger partial charge in [0.1, 0.15) is 18.0 Å². The fourth-order valence-corrected chi connectivity index (χ4v) is 2.83. The molecule has 0 spiro atoms. The third-order valence-corrected chi connectivity index (χ3v) is 4.47. The van der Waals surface area contributed by atoms with Gasteiger partial charge in [-0.15, -0.1) is 24.0 Å². The smallest absolute Gasteiger partial charge is 0.218 e. The molecule has 0 saturated heterocycles. The van der Waals surface area contributed by atoms with Crippen LogP contribution in [0.4, 0.5) is 0 Å². The summed E-state index contributed by atoms with van der Waals surface area (Å²) in [6.07, 6.45) is 3.25. The summed E-state index contributed by atoms with van der Waals surface area (Å²) in [6, 6.07) is 17.3. The Morgan fingerprint density at radius 2 is 1.94 bits per heavy atom. The summed E-state index contributed by atoms with van der Waals surface area (Å²) in [5.41, 5.74) is 0.800. The van der Waals surface area contributed by atoms with Crippen molar-refractivity contribution in [3.8, 4) is 5.88 Å². The second kappa shape index (κ2) is 12.3. The van der Waals surface area contributed by atoms with E-state index in [1.807, 2.05) is 49.4 Å². The van der Waals surface area contributed by atoms with Gasteiger partial charge >= 0.3 is 0 Å². The number of furan rings is 1. The quantitative estimate of drug-likeness (QED) is 0.219. The molecule has 0 aliphatic carbocycles. The van der Waals surface area contributed by atoms with Gasteiger partial charge in [-0.1, -0.05) is 36.4 Å². The highest BCUT2D eigenvalue weighted by Crippen LogP contribution is 2.20. The molecular weight excluding hydrogens is 507 g/mol. The van der Waals surface area contributed by atoms with Crippen molar-refractivity contribution in [2.24, 2.45) is 4.99 Å². The number of rotatable bonds is 9. The van der Waals surface area contributed by atoms with E-state index >= 15 is 0 Å². The topological polar surface area (TPSA) is 91.9 Å². The van der Waals surface area contributed by atoms with Crippen LogP contribution in [0, 0.1) is 0 Å². The number of aliphatic imine (C=N–C) groups is 1. The first-order valence-electron chi connectivity index (χ1n) is 9.97. The lowest BCUT2D eigenvalue weighted by molar-refractivity contribution is 0.0386. The third kappa shape index (κ3) is 7.55. The molecule has 1 aromatic carbocycles. The lowest BCUT2D eigenvalue weighted by atomic mass is 10.0. The van der Waals surface area contributed by atoms with Gasteiger partial charge in [0.15, 0.2) is 5.96 Å². The van der Waals surface area contributed by atoms with Crippen molar-refractivity contribution < 1.29 is 14.3 Å². The molecule has 2 heterocycles. The van der Waals surface area contributed by atoms with Crippen LogP contribution in [-0.2, 0) is 18.8 Å². The lowest BCUT2D eigenvalue weighted by Gasteiger charge is -2.22. The third-order valence-electron chi connectivity index (χ3n) is 4.47. The summed E-state index contributed by atoms with van der Waals surface area (Å²) in [7, 11) is 0. The van der Waals surface area contributed by atoms with Crippen molar-refractivity contribution in [3.63, 3.8) is 0 Å². The maximum atomic E-state index is 10.6. The van der Waals surface area contributed by atoms with Crippen LogP contribution in [0.15, 0.2) is 76.5 Å². The van der Waals surface area contributed by atoms with Gasteiger partial charge in [0.25, 0.3) is 0 Å². The van der Waals surface area contributed by atoms with E-state index in [9.17, 15) is 5.11 Å². The van der Waals surface area contributed by atoms with Gasteiger partial charge in [0.2, 0.25) is 5.88 Å². The highest BCUT2D eigenvalue weighted by Gasteiger charge is 2.26. The number of benzene rings is 1. The number of halogens is 1. The van der Waals surface area contributed by atoms with Gasteiger partial charge < -0.3 is 24.9 Å². The second-order valence-electron chi connectivity index (χ2n) is 7.04. The van der Waals surface area contributed by atoms with Crippen LogP contribution in [0.25, 0.3) is 0 Å². The van der Waals surface area contributed by atoms with Crippen molar-refractivity contribution in [1.82, 2.24) is 15.6 Å². The molecule has 0 radical (unpaired) electrons. The molecule has 2 aromatic heterocycles. The monoisotopic (exact) mass is 536 g/mol. The Hall–Kier alpha value is -2.59. The van der Waals surface area contributed by atoms with Crippen molar-refractivity contribution in [2.75, 3.05) is 13.1 Å². The minimum absolute atomic E-state index is 0. The Labute approximate surface area is 200 Å². The standard InChI is InChI=1S/C23H28N4O3.HI/c1-3-24-22(27-17-23(2,28)20-12-8-14-29-20)26-15-19-11-7-13-25-21(19)30-16-18-9-5-4-6-10-18;/h4-14,28H,3,15-17H2,1-2H3,(H2,24,26,27);1H. The minimum Gasteiger partial charge on any atom is -0.473 e. The molecule has 3 rings (SSSR count). The predicted molar refractivity (Wildman–Crippen MR) is 132 cm³/mol. The van der Waals surface area contributed by atoms with Crippen molar-refractivity contribution in [2.45, 2.75) is 32.6 Å². The number of aliphatic hydroxyl groups is 1. The number of nitrogens with one attached hydrogen (secondary N) is 2. The number of guanidine groups is 1. The molecule has 0 amide bonds. The van der Waals surface area contributed by atoms with E-state index in [4.69, 9.17) is 9.15 Å². The molecule has 0 fully saturated rings. The SMILES string of the molecule is CCNC(=NCc1cccnc1OCc1ccccc1)NCC(C)(O)c1ccco1.I. The van der Waals surface area contributed by atoms with Crippen LogP contribution >= 0.6 is 24.0 Å². The summed E-state index contributed by atoms with van der Waals surface area (Å²) in [5, 5.41) is 17.0. The number of nitrogens with zero attached hydrogens (tertiary/aromatic N) is 2. The van der Waals surface area contributed by atoms with Gasteiger partial charge in [-0.2, -0.15) is 0 Å². The van der Waals surface area contributed by atoms with Gasteiger partial charge in [0, 0.05) is 18.3 Å². The van der Waals surface area contributed by atoms with Crippen LogP contribution in [0.3, 0.4) is 0 Å². The van der Waals surface area contributed by atoms with Crippen LogP contribution in [-0.4, -0.2) is 29.1 Å². The lowest BCUT2D eigenvalue weighted by Crippen LogP contribution is -2.44. The molecule has 3 N–H and O–H groups in total. The van der Waals surface area contributed by atoms with Crippen LogP contribution in [0.2, 0.25) is 0 Å². The molecule has 0 saturated carbocycles. The van der Waals surface area contributed by atoms with Gasteiger partial charge in [-0.05, 0) is 37.6 Å². The van der Waals surface area contributed by atoms with Crippen molar-refractivity contribution >= 4 is 29.9 Å². The van der Waals surface area contributed by atoms with Crippen LogP contribution in [0.5, 0.6) is 5.88 Å². The van der Waals surface area contributed by atoms with Gasteiger partial charge in [-0.3, -0.25) is 0 Å². The number of hydrogen-bond acceptors (Lipinski definition) is 5. The van der Waals surface area contributed by atoms with E-state index in [1.165, 1.54) is 0 Å². The largest absolute Gasteiger partial charge is 0.473 e. The predicted octanol–water partition coefficient (Wildman–Crippen LogP) is 3.83. The Bertz CT molecular complexity index is 931. The molecule has 0 aliphatic rings. The van der Waals surface area contributed by atoms with Crippen LogP contribution < -0.4 is 15.4 Å². The Balaban J connectivity index is 0.00000341. The first kappa shape index (κ1) is 24.7. The maximum absolute atomic E-state index is 10.6. The fraction of sp³-hybridized carbons (Fsp3) is 0.304. The molecule has 166 valence electrons. The fourth-order valence-electron chi connectivity index (χ4n) is 2.83. The summed E-state index contributed by atoms with van der Waals surface area (Å²) in [4.78, 5) is 8.97. The number of ether oxygens (including phenoxy) is 1. The molecule has 1 unspecified atom stereocenters. The second-order valence-corrected chi connectivity index (χ2v) is 7.04. The zero-order chi connectivity index (χ0) is 21.2. The maximum Gasteiger partial charge on any atom is 0.218 e. The van der Waals surface area contributed by atoms with Gasteiger partial charge in [0.05, 0.1) is 19.4 Å². The minimum atomic E-state index is -1.15. The molecule has 7 nitrogen and oxygen atoms in total. The average Bonchev–Trinajstić information content (AvgIpc) is 3.32. The molecule has 8 heteroatoms. The first-order chi connectivity index (χ1) is 14.6. The van der Waals surface area contributed by atoms with Crippen molar-refractivity contribution in [3.05, 3.63) is 83.9 Å². The summed E-state index contributed by atoms with van der Waals surface area (Å²) < 4.78 is 11.2. The van der Waals surface area contributed by atoms with Gasteiger partial charge in [-0.25, -0.2) is 9.98 Å². The van der Waals surface area contributed by atoms with E-state index in [1.54, 1.807) is 31.5 Å².